The number of halogens is 1. The Morgan fingerprint density at radius 2 is 1.43 bits per heavy atom. The number of rotatable bonds is 15. The molecule has 0 aliphatic heterocycles. The molecule has 4 rings (SSSR count). The van der Waals surface area contributed by atoms with Crippen LogP contribution in [0.25, 0.3) is 0 Å². The molecule has 0 fully saturated rings. The van der Waals surface area contributed by atoms with E-state index in [2.05, 4.69) is 21.2 Å². The first kappa shape index (κ1) is 34.7. The average molecular weight is 707 g/mol. The number of nitrogens with one attached hydrogen (secondary N) is 1. The van der Waals surface area contributed by atoms with Gasteiger partial charge in [-0.3, -0.25) is 13.9 Å². The van der Waals surface area contributed by atoms with E-state index in [1.165, 1.54) is 17.0 Å². The Hall–Kier alpha value is -4.15. The number of benzene rings is 4. The van der Waals surface area contributed by atoms with Crippen LogP contribution in [0.2, 0.25) is 0 Å². The number of carbonyl (C=O) groups excluding carboxylic acids is 2. The molecule has 0 radical (unpaired) electrons. The molecule has 0 saturated carbocycles. The number of amides is 2. The number of sulfonamides is 1. The lowest BCUT2D eigenvalue weighted by molar-refractivity contribution is -0.140. The van der Waals surface area contributed by atoms with Gasteiger partial charge in [-0.15, -0.1) is 0 Å². The molecular formula is C36H40BrN3O5S. The predicted molar refractivity (Wildman–Crippen MR) is 185 cm³/mol. The van der Waals surface area contributed by atoms with Crippen LogP contribution in [0.1, 0.15) is 31.9 Å². The number of ether oxygens (including phenoxy) is 1. The Bertz CT molecular complexity index is 1680. The highest BCUT2D eigenvalue weighted by Crippen LogP contribution is 2.33. The molecule has 0 aliphatic carbocycles. The SMILES string of the molecule is CCOc1ccccc1N(CC(=O)N(Cc1ccc(Br)cc1)[C@H](Cc1ccccc1)C(=O)NCC(C)C)S(=O)(=O)c1ccccc1. The summed E-state index contributed by atoms with van der Waals surface area (Å²) in [4.78, 5) is 30.0. The van der Waals surface area contributed by atoms with Crippen molar-refractivity contribution in [1.29, 1.82) is 0 Å². The van der Waals surface area contributed by atoms with Gasteiger partial charge in [-0.05, 0) is 60.4 Å². The molecule has 0 unspecified atom stereocenters. The Balaban J connectivity index is 1.82. The van der Waals surface area contributed by atoms with Crippen molar-refractivity contribution >= 4 is 43.5 Å². The molecule has 4 aromatic rings. The summed E-state index contributed by atoms with van der Waals surface area (Å²) in [5, 5.41) is 3.01. The van der Waals surface area contributed by atoms with E-state index in [-0.39, 0.29) is 35.4 Å². The van der Waals surface area contributed by atoms with Gasteiger partial charge in [-0.2, -0.15) is 0 Å². The van der Waals surface area contributed by atoms with Crippen molar-refractivity contribution < 1.29 is 22.7 Å². The fourth-order valence-electron chi connectivity index (χ4n) is 4.94. The van der Waals surface area contributed by atoms with Gasteiger partial charge in [-0.25, -0.2) is 8.42 Å². The van der Waals surface area contributed by atoms with E-state index in [9.17, 15) is 18.0 Å². The standard InChI is InChI=1S/C36H40BrN3O5S/c1-4-45-34-18-12-11-17-32(34)40(46(43,44)31-15-9-6-10-16-31)26-35(41)39(25-29-19-21-30(37)22-20-29)33(36(42)38-24-27(2)3)23-28-13-7-5-8-14-28/h5-22,27,33H,4,23-26H2,1-3H3,(H,38,42)/t33-/m1/s1. The molecule has 0 saturated heterocycles. The molecule has 0 aliphatic rings. The zero-order chi connectivity index (χ0) is 33.1. The maximum absolute atomic E-state index is 14.6. The number of hydrogen-bond acceptors (Lipinski definition) is 5. The maximum Gasteiger partial charge on any atom is 0.264 e. The highest BCUT2D eigenvalue weighted by atomic mass is 79.9. The molecule has 0 aromatic heterocycles. The zero-order valence-corrected chi connectivity index (χ0v) is 28.7. The lowest BCUT2D eigenvalue weighted by Gasteiger charge is -2.34. The zero-order valence-electron chi connectivity index (χ0n) is 26.3. The molecule has 242 valence electrons. The Morgan fingerprint density at radius 1 is 0.826 bits per heavy atom. The largest absolute Gasteiger partial charge is 0.492 e. The van der Waals surface area contributed by atoms with Gasteiger partial charge in [0.15, 0.2) is 0 Å². The van der Waals surface area contributed by atoms with Gasteiger partial charge < -0.3 is 15.0 Å². The third-order valence-corrected chi connectivity index (χ3v) is 9.57. The van der Waals surface area contributed by atoms with Gasteiger partial charge >= 0.3 is 0 Å². The molecular weight excluding hydrogens is 666 g/mol. The summed E-state index contributed by atoms with van der Waals surface area (Å²) in [5.41, 5.74) is 1.89. The van der Waals surface area contributed by atoms with Crippen LogP contribution in [-0.4, -0.2) is 50.9 Å². The van der Waals surface area contributed by atoms with Gasteiger partial charge in [0.05, 0.1) is 17.2 Å². The minimum atomic E-state index is -4.23. The molecule has 0 bridgehead atoms. The third kappa shape index (κ3) is 9.20. The fraction of sp³-hybridized carbons (Fsp3) is 0.278. The van der Waals surface area contributed by atoms with E-state index < -0.39 is 28.5 Å². The summed E-state index contributed by atoms with van der Waals surface area (Å²) in [7, 11) is -4.23. The van der Waals surface area contributed by atoms with Crippen LogP contribution in [0, 0.1) is 5.92 Å². The van der Waals surface area contributed by atoms with E-state index in [4.69, 9.17) is 4.74 Å². The minimum Gasteiger partial charge on any atom is -0.492 e. The lowest BCUT2D eigenvalue weighted by atomic mass is 10.0. The molecule has 46 heavy (non-hydrogen) atoms. The number of hydrogen-bond donors (Lipinski definition) is 1. The highest BCUT2D eigenvalue weighted by molar-refractivity contribution is 9.10. The second-order valence-corrected chi connectivity index (χ2v) is 14.0. The number of carbonyl (C=O) groups is 2. The van der Waals surface area contributed by atoms with Crippen molar-refractivity contribution in [2.24, 2.45) is 5.92 Å². The third-order valence-electron chi connectivity index (χ3n) is 7.27. The summed E-state index contributed by atoms with van der Waals surface area (Å²) in [6.45, 7) is 6.07. The van der Waals surface area contributed by atoms with E-state index >= 15 is 0 Å². The van der Waals surface area contributed by atoms with Crippen LogP contribution in [-0.2, 0) is 32.6 Å². The van der Waals surface area contributed by atoms with Crippen molar-refractivity contribution in [1.82, 2.24) is 10.2 Å². The summed E-state index contributed by atoms with van der Waals surface area (Å²) in [6.07, 6.45) is 0.244. The van der Waals surface area contributed by atoms with Crippen molar-refractivity contribution in [2.75, 3.05) is 24.0 Å². The van der Waals surface area contributed by atoms with Crippen molar-refractivity contribution in [3.63, 3.8) is 0 Å². The number of anilines is 1. The van der Waals surface area contributed by atoms with Crippen LogP contribution >= 0.6 is 15.9 Å². The summed E-state index contributed by atoms with van der Waals surface area (Å²) >= 11 is 3.46. The molecule has 10 heteroatoms. The van der Waals surface area contributed by atoms with E-state index in [0.29, 0.717) is 18.9 Å². The molecule has 1 N–H and O–H groups in total. The first-order valence-electron chi connectivity index (χ1n) is 15.2. The summed E-state index contributed by atoms with van der Waals surface area (Å²) in [5.74, 6) is -0.324. The van der Waals surface area contributed by atoms with E-state index in [0.717, 1.165) is 19.9 Å². The molecule has 1 atom stereocenters. The average Bonchev–Trinajstić information content (AvgIpc) is 3.06. The van der Waals surface area contributed by atoms with Crippen LogP contribution in [0.3, 0.4) is 0 Å². The Kier molecular flexibility index (Phi) is 12.4. The van der Waals surface area contributed by atoms with Crippen LogP contribution < -0.4 is 14.4 Å². The number of para-hydroxylation sites is 2. The molecule has 0 heterocycles. The van der Waals surface area contributed by atoms with Gasteiger partial charge in [0.25, 0.3) is 10.0 Å². The second kappa shape index (κ2) is 16.4. The molecule has 2 amide bonds. The molecule has 8 nitrogen and oxygen atoms in total. The van der Waals surface area contributed by atoms with Crippen molar-refractivity contribution in [3.8, 4) is 5.75 Å². The van der Waals surface area contributed by atoms with Crippen LogP contribution in [0.5, 0.6) is 5.75 Å². The molecule has 0 spiro atoms. The fourth-order valence-corrected chi connectivity index (χ4v) is 6.65. The quantitative estimate of drug-likeness (QED) is 0.153. The van der Waals surface area contributed by atoms with E-state index in [1.807, 2.05) is 75.4 Å². The first-order chi connectivity index (χ1) is 22.1. The van der Waals surface area contributed by atoms with Crippen LogP contribution in [0.15, 0.2) is 119 Å². The smallest absolute Gasteiger partial charge is 0.264 e. The first-order valence-corrected chi connectivity index (χ1v) is 17.5. The summed E-state index contributed by atoms with van der Waals surface area (Å²) in [6, 6.07) is 30.8. The number of nitrogens with zero attached hydrogens (tertiary/aromatic N) is 2. The predicted octanol–water partition coefficient (Wildman–Crippen LogP) is 6.46. The molecule has 4 aromatic carbocycles. The normalized spacial score (nSPS) is 11.9. The monoisotopic (exact) mass is 705 g/mol. The lowest BCUT2D eigenvalue weighted by Crippen LogP contribution is -2.53. The minimum absolute atomic E-state index is 0.0315. The van der Waals surface area contributed by atoms with Crippen molar-refractivity contribution in [3.05, 3.63) is 125 Å². The maximum atomic E-state index is 14.6. The summed E-state index contributed by atoms with van der Waals surface area (Å²) < 4.78 is 36.2. The van der Waals surface area contributed by atoms with Crippen LogP contribution in [0.4, 0.5) is 5.69 Å². The van der Waals surface area contributed by atoms with Gasteiger partial charge in [-0.1, -0.05) is 103 Å². The van der Waals surface area contributed by atoms with E-state index in [1.54, 1.807) is 42.5 Å². The Morgan fingerprint density at radius 3 is 2.07 bits per heavy atom. The topological polar surface area (TPSA) is 96.0 Å². The van der Waals surface area contributed by atoms with Gasteiger partial charge in [0, 0.05) is 24.0 Å². The Labute approximate surface area is 280 Å². The highest BCUT2D eigenvalue weighted by Gasteiger charge is 2.35. The second-order valence-electron chi connectivity index (χ2n) is 11.2. The van der Waals surface area contributed by atoms with Crippen molar-refractivity contribution in [2.45, 2.75) is 44.7 Å². The van der Waals surface area contributed by atoms with Gasteiger partial charge in [0.2, 0.25) is 11.8 Å². The van der Waals surface area contributed by atoms with Gasteiger partial charge in [0.1, 0.15) is 18.3 Å².